The third-order valence-corrected chi connectivity index (χ3v) is 8.12. The number of nitrogens with one attached hydrogen (secondary N) is 2. The molecule has 4 aromatic heterocycles. The van der Waals surface area contributed by atoms with Crippen molar-refractivity contribution in [2.24, 2.45) is 0 Å². The Hall–Kier alpha value is -6.26. The summed E-state index contributed by atoms with van der Waals surface area (Å²) in [5, 5.41) is 1.67. The summed E-state index contributed by atoms with van der Waals surface area (Å²) in [5.74, 6) is -0.474. The van der Waals surface area contributed by atoms with E-state index in [0.717, 1.165) is 32.9 Å². The number of carbonyl (C=O) groups excluding carboxylic acids is 2. The monoisotopic (exact) mass is 710 g/mol. The van der Waals surface area contributed by atoms with Gasteiger partial charge in [0.05, 0.1) is 14.2 Å². The van der Waals surface area contributed by atoms with Crippen molar-refractivity contribution < 1.29 is 38.0 Å². The number of esters is 2. The van der Waals surface area contributed by atoms with Crippen molar-refractivity contribution in [3.8, 4) is 35.3 Å². The van der Waals surface area contributed by atoms with Gasteiger partial charge in [0.25, 0.3) is 0 Å². The van der Waals surface area contributed by atoms with Crippen LogP contribution in [0.15, 0.2) is 73.3 Å². The molecule has 0 aliphatic rings. The van der Waals surface area contributed by atoms with Crippen LogP contribution in [0.3, 0.4) is 0 Å². The second kappa shape index (κ2) is 15.7. The third kappa shape index (κ3) is 8.36. The number of carbonyl (C=O) groups is 2. The van der Waals surface area contributed by atoms with Gasteiger partial charge in [-0.15, -0.1) is 0 Å². The summed E-state index contributed by atoms with van der Waals surface area (Å²) in [6.07, 6.45) is 5.68. The molecule has 0 radical (unpaired) electrons. The van der Waals surface area contributed by atoms with Crippen LogP contribution in [-0.4, -0.2) is 107 Å². The molecule has 6 rings (SSSR count). The Morgan fingerprint density at radius 2 is 1.08 bits per heavy atom. The lowest BCUT2D eigenvalue weighted by Gasteiger charge is -2.26. The number of nitrogens with zero attached hydrogens (tertiary/aromatic N) is 6. The minimum absolute atomic E-state index is 0.133. The Morgan fingerprint density at radius 3 is 1.46 bits per heavy atom. The maximum Gasteiger partial charge on any atom is 0.419 e. The zero-order chi connectivity index (χ0) is 36.8. The van der Waals surface area contributed by atoms with Crippen LogP contribution in [-0.2, 0) is 31.9 Å². The minimum atomic E-state index is -1.11. The number of likely N-dealkylation sites (N-methyl/N-ethyl adjacent to an activating group) is 2. The van der Waals surface area contributed by atoms with Gasteiger partial charge in [0, 0.05) is 71.6 Å². The molecule has 270 valence electrons. The molecule has 0 amide bonds. The molecule has 16 heteroatoms. The SMILES string of the molecule is COc1ccnc(Oc2ccc3[nH]cc(CC(OC(=O)C(=O)OC(Cc4c[nH]c5ccc(Oc6nccc(OC)n6)cc45)N(C)C)N(C)C)c3c2)n1. The Kier molecular flexibility index (Phi) is 10.8. The molecule has 0 aliphatic carbocycles. The number of ether oxygens (including phenoxy) is 6. The number of hydrogen-bond acceptors (Lipinski definition) is 14. The fraction of sp³-hybridized carbons (Fsp3) is 0.278. The molecule has 4 heterocycles. The van der Waals surface area contributed by atoms with E-state index in [1.807, 2.05) is 36.7 Å². The lowest BCUT2D eigenvalue weighted by atomic mass is 10.1. The second-order valence-corrected chi connectivity index (χ2v) is 12.1. The molecule has 16 nitrogen and oxygen atoms in total. The summed E-state index contributed by atoms with van der Waals surface area (Å²) in [5.41, 5.74) is 3.35. The van der Waals surface area contributed by atoms with E-state index in [0.29, 0.717) is 23.3 Å². The Balaban J connectivity index is 1.12. The van der Waals surface area contributed by atoms with Crippen LogP contribution in [0.5, 0.6) is 35.3 Å². The molecule has 52 heavy (non-hydrogen) atoms. The van der Waals surface area contributed by atoms with Crippen molar-refractivity contribution in [1.82, 2.24) is 39.7 Å². The van der Waals surface area contributed by atoms with Crippen LogP contribution >= 0.6 is 0 Å². The molecule has 0 spiro atoms. The highest BCUT2D eigenvalue weighted by molar-refractivity contribution is 6.29. The van der Waals surface area contributed by atoms with Gasteiger partial charge in [-0.2, -0.15) is 9.97 Å². The number of hydrogen-bond donors (Lipinski definition) is 2. The first-order chi connectivity index (χ1) is 25.1. The van der Waals surface area contributed by atoms with Crippen LogP contribution in [0.1, 0.15) is 11.1 Å². The van der Waals surface area contributed by atoms with E-state index >= 15 is 0 Å². The number of H-pyrrole nitrogens is 2. The molecule has 0 bridgehead atoms. The van der Waals surface area contributed by atoms with Crippen LogP contribution in [0.4, 0.5) is 0 Å². The molecule has 0 fully saturated rings. The van der Waals surface area contributed by atoms with E-state index < -0.39 is 24.4 Å². The summed E-state index contributed by atoms with van der Waals surface area (Å²) < 4.78 is 33.4. The van der Waals surface area contributed by atoms with E-state index in [4.69, 9.17) is 28.4 Å². The predicted molar refractivity (Wildman–Crippen MR) is 188 cm³/mol. The molecule has 6 aromatic rings. The molecule has 0 saturated carbocycles. The highest BCUT2D eigenvalue weighted by Crippen LogP contribution is 2.29. The van der Waals surface area contributed by atoms with E-state index in [-0.39, 0.29) is 24.9 Å². The van der Waals surface area contributed by atoms with E-state index in [1.54, 1.807) is 62.3 Å². The van der Waals surface area contributed by atoms with Crippen LogP contribution < -0.4 is 18.9 Å². The second-order valence-electron chi connectivity index (χ2n) is 12.1. The van der Waals surface area contributed by atoms with Crippen molar-refractivity contribution >= 4 is 33.7 Å². The Labute approximate surface area is 298 Å². The molecular formula is C36H38N8O8. The standard InChI is InChI=1S/C36H38N8O8/c1-43(2)31(15-21-19-39-27-9-7-23(17-25(21)27)49-35-37-13-11-29(41-35)47-5)51-33(45)34(46)52-32(44(3)4)16-22-20-40-28-10-8-24(18-26(22)28)50-36-38-14-12-30(42-36)48-6/h7-14,17-20,31-32,39-40H,15-16H2,1-6H3. The lowest BCUT2D eigenvalue weighted by Crippen LogP contribution is -2.40. The van der Waals surface area contributed by atoms with Gasteiger partial charge < -0.3 is 38.4 Å². The van der Waals surface area contributed by atoms with Gasteiger partial charge in [0.2, 0.25) is 11.8 Å². The Bertz CT molecular complexity index is 2030. The van der Waals surface area contributed by atoms with E-state index in [9.17, 15) is 9.59 Å². The zero-order valence-corrected chi connectivity index (χ0v) is 29.4. The quantitative estimate of drug-likeness (QED) is 0.0918. The number of aromatic amines is 2. The molecule has 0 saturated heterocycles. The van der Waals surface area contributed by atoms with Crippen LogP contribution in [0.2, 0.25) is 0 Å². The van der Waals surface area contributed by atoms with Crippen molar-refractivity contribution in [3.63, 3.8) is 0 Å². The van der Waals surface area contributed by atoms with Crippen molar-refractivity contribution in [3.05, 3.63) is 84.4 Å². The fourth-order valence-electron chi connectivity index (χ4n) is 5.35. The summed E-state index contributed by atoms with van der Waals surface area (Å²) in [6, 6.07) is 14.5. The number of fused-ring (bicyclic) bond motifs is 2. The number of rotatable bonds is 14. The van der Waals surface area contributed by atoms with Gasteiger partial charge in [-0.25, -0.2) is 19.6 Å². The summed E-state index contributed by atoms with van der Waals surface area (Å²) in [4.78, 5) is 52.8. The molecule has 2 N–H and O–H groups in total. The first-order valence-electron chi connectivity index (χ1n) is 16.1. The first-order valence-corrected chi connectivity index (χ1v) is 16.1. The van der Waals surface area contributed by atoms with Crippen molar-refractivity contribution in [1.29, 1.82) is 0 Å². The van der Waals surface area contributed by atoms with E-state index in [2.05, 4.69) is 29.9 Å². The normalized spacial score (nSPS) is 12.5. The van der Waals surface area contributed by atoms with Gasteiger partial charge in [-0.1, -0.05) is 0 Å². The molecule has 2 aromatic carbocycles. The van der Waals surface area contributed by atoms with Crippen molar-refractivity contribution in [2.45, 2.75) is 25.3 Å². The first kappa shape index (κ1) is 35.6. The largest absolute Gasteiger partial charge is 0.481 e. The predicted octanol–water partition coefficient (Wildman–Crippen LogP) is 4.48. The fourth-order valence-corrected chi connectivity index (χ4v) is 5.35. The molecule has 0 aliphatic heterocycles. The average Bonchev–Trinajstić information content (AvgIpc) is 3.73. The van der Waals surface area contributed by atoms with Gasteiger partial charge >= 0.3 is 24.0 Å². The van der Waals surface area contributed by atoms with Crippen LogP contribution in [0, 0.1) is 0 Å². The number of methoxy groups -OCH3 is 2. The maximum atomic E-state index is 13.2. The molecule has 2 atom stereocenters. The van der Waals surface area contributed by atoms with Gasteiger partial charge in [-0.3, -0.25) is 9.80 Å². The minimum Gasteiger partial charge on any atom is -0.481 e. The highest BCUT2D eigenvalue weighted by atomic mass is 16.6. The average molecular weight is 711 g/mol. The van der Waals surface area contributed by atoms with Gasteiger partial charge in [0.15, 0.2) is 12.5 Å². The molecular weight excluding hydrogens is 672 g/mol. The van der Waals surface area contributed by atoms with Gasteiger partial charge in [0.1, 0.15) is 11.5 Å². The number of benzene rings is 2. The van der Waals surface area contributed by atoms with Crippen LogP contribution in [0.25, 0.3) is 21.8 Å². The summed E-state index contributed by atoms with van der Waals surface area (Å²) in [6.45, 7) is 0. The maximum absolute atomic E-state index is 13.2. The highest BCUT2D eigenvalue weighted by Gasteiger charge is 2.29. The summed E-state index contributed by atoms with van der Waals surface area (Å²) >= 11 is 0. The van der Waals surface area contributed by atoms with E-state index in [1.165, 1.54) is 26.6 Å². The summed E-state index contributed by atoms with van der Waals surface area (Å²) in [7, 11) is 10.0. The van der Waals surface area contributed by atoms with Gasteiger partial charge in [-0.05, 0) is 75.7 Å². The topological polar surface area (TPSA) is 179 Å². The lowest BCUT2D eigenvalue weighted by molar-refractivity contribution is -0.182. The zero-order valence-electron chi connectivity index (χ0n) is 29.4. The number of aromatic nitrogens is 6. The smallest absolute Gasteiger partial charge is 0.419 e. The molecule has 2 unspecified atom stereocenters. The third-order valence-electron chi connectivity index (χ3n) is 8.12. The van der Waals surface area contributed by atoms with Crippen molar-refractivity contribution in [2.75, 3.05) is 42.4 Å². The Morgan fingerprint density at radius 1 is 0.654 bits per heavy atom.